The molecule has 0 aliphatic heterocycles. The second kappa shape index (κ2) is 8.11. The van der Waals surface area contributed by atoms with E-state index in [1.54, 1.807) is 39.8 Å². The van der Waals surface area contributed by atoms with Gasteiger partial charge < -0.3 is 14.6 Å². The summed E-state index contributed by atoms with van der Waals surface area (Å²) in [6.45, 7) is 8.18. The highest BCUT2D eigenvalue weighted by molar-refractivity contribution is 5.72. The van der Waals surface area contributed by atoms with Crippen molar-refractivity contribution >= 4 is 11.9 Å². The molecule has 5 heteroatoms. The molecule has 0 radical (unpaired) electrons. The summed E-state index contributed by atoms with van der Waals surface area (Å²) in [4.78, 5) is 23.4. The minimum atomic E-state index is -1.57. The number of carbonyl (C=O) groups is 2. The van der Waals surface area contributed by atoms with Gasteiger partial charge in [0, 0.05) is 0 Å². The van der Waals surface area contributed by atoms with Crippen molar-refractivity contribution in [3.63, 3.8) is 0 Å². The van der Waals surface area contributed by atoms with Gasteiger partial charge in [0.25, 0.3) is 0 Å². The van der Waals surface area contributed by atoms with Crippen LogP contribution in [0.1, 0.15) is 38.8 Å². The average molecular weight is 322 g/mol. The summed E-state index contributed by atoms with van der Waals surface area (Å²) in [6, 6.07) is 7.21. The smallest absolute Gasteiger partial charge is 0.308 e. The van der Waals surface area contributed by atoms with Crippen LogP contribution in [-0.4, -0.2) is 30.3 Å². The van der Waals surface area contributed by atoms with Gasteiger partial charge in [0.05, 0.1) is 11.8 Å². The Balaban J connectivity index is 2.98. The van der Waals surface area contributed by atoms with E-state index in [4.69, 9.17) is 9.47 Å². The molecule has 0 aromatic heterocycles. The summed E-state index contributed by atoms with van der Waals surface area (Å²) in [6.07, 6.45) is 0. The van der Waals surface area contributed by atoms with Gasteiger partial charge >= 0.3 is 11.9 Å². The fourth-order valence-corrected chi connectivity index (χ4v) is 2.01. The molecule has 1 rings (SSSR count). The standard InChI is InChI=1S/C18H26O5/c1-12(2)16(19)22-10-18(21,11-23-17(20)13(3)4)15-9-7-6-8-14(15)5/h6-9,12-13,21H,10-11H2,1-5H3. The molecule has 1 N–H and O–H groups in total. The van der Waals surface area contributed by atoms with E-state index in [0.717, 1.165) is 5.56 Å². The maximum atomic E-state index is 11.7. The van der Waals surface area contributed by atoms with Crippen LogP contribution in [0.25, 0.3) is 0 Å². The number of benzene rings is 1. The lowest BCUT2D eigenvalue weighted by atomic mass is 9.91. The molecule has 1 aromatic carbocycles. The van der Waals surface area contributed by atoms with Crippen LogP contribution in [-0.2, 0) is 24.7 Å². The number of rotatable bonds is 7. The zero-order valence-corrected chi connectivity index (χ0v) is 14.5. The Morgan fingerprint density at radius 1 is 1.00 bits per heavy atom. The van der Waals surface area contributed by atoms with Gasteiger partial charge in [0.2, 0.25) is 0 Å². The third kappa shape index (κ3) is 5.36. The predicted molar refractivity (Wildman–Crippen MR) is 86.7 cm³/mol. The number of aliphatic hydroxyl groups is 1. The fraction of sp³-hybridized carbons (Fsp3) is 0.556. The molecule has 0 bridgehead atoms. The van der Waals surface area contributed by atoms with E-state index in [9.17, 15) is 14.7 Å². The maximum absolute atomic E-state index is 11.7. The monoisotopic (exact) mass is 322 g/mol. The van der Waals surface area contributed by atoms with Crippen LogP contribution in [0.15, 0.2) is 24.3 Å². The third-order valence-corrected chi connectivity index (χ3v) is 3.50. The molecule has 128 valence electrons. The molecule has 1 aromatic rings. The molecule has 0 saturated heterocycles. The van der Waals surface area contributed by atoms with Gasteiger partial charge in [-0.3, -0.25) is 9.59 Å². The largest absolute Gasteiger partial charge is 0.462 e. The molecule has 0 aliphatic rings. The molecular weight excluding hydrogens is 296 g/mol. The first-order valence-corrected chi connectivity index (χ1v) is 7.79. The van der Waals surface area contributed by atoms with E-state index >= 15 is 0 Å². The van der Waals surface area contributed by atoms with Crippen molar-refractivity contribution in [3.05, 3.63) is 35.4 Å². The second-order valence-electron chi connectivity index (χ2n) is 6.37. The van der Waals surface area contributed by atoms with Gasteiger partial charge in [-0.2, -0.15) is 0 Å². The molecule has 0 fully saturated rings. The molecule has 0 spiro atoms. The topological polar surface area (TPSA) is 72.8 Å². The minimum absolute atomic E-state index is 0.264. The van der Waals surface area contributed by atoms with Gasteiger partial charge in [-0.25, -0.2) is 0 Å². The van der Waals surface area contributed by atoms with Crippen LogP contribution >= 0.6 is 0 Å². The van der Waals surface area contributed by atoms with Crippen molar-refractivity contribution in [2.75, 3.05) is 13.2 Å². The summed E-state index contributed by atoms with van der Waals surface area (Å²) in [7, 11) is 0. The lowest BCUT2D eigenvalue weighted by Crippen LogP contribution is -2.40. The zero-order valence-electron chi connectivity index (χ0n) is 14.5. The number of hydrogen-bond acceptors (Lipinski definition) is 5. The maximum Gasteiger partial charge on any atom is 0.308 e. The molecule has 0 aliphatic carbocycles. The Hall–Kier alpha value is -1.88. The molecule has 0 atom stereocenters. The van der Waals surface area contributed by atoms with Crippen molar-refractivity contribution in [2.45, 2.75) is 40.2 Å². The van der Waals surface area contributed by atoms with Crippen molar-refractivity contribution in [3.8, 4) is 0 Å². The van der Waals surface area contributed by atoms with Gasteiger partial charge in [0.15, 0.2) is 5.60 Å². The molecule has 23 heavy (non-hydrogen) atoms. The first-order valence-electron chi connectivity index (χ1n) is 7.79. The Labute approximate surface area is 137 Å². The van der Waals surface area contributed by atoms with Crippen LogP contribution < -0.4 is 0 Å². The van der Waals surface area contributed by atoms with Crippen molar-refractivity contribution in [2.24, 2.45) is 11.8 Å². The van der Waals surface area contributed by atoms with Crippen LogP contribution in [0, 0.1) is 18.8 Å². The summed E-state index contributed by atoms with van der Waals surface area (Å²) in [5.74, 6) is -1.41. The number of aryl methyl sites for hydroxylation is 1. The molecular formula is C18H26O5. The summed E-state index contributed by atoms with van der Waals surface area (Å²) in [5.41, 5.74) is -0.162. The number of carbonyl (C=O) groups excluding carboxylic acids is 2. The lowest BCUT2D eigenvalue weighted by Gasteiger charge is -2.29. The highest BCUT2D eigenvalue weighted by Gasteiger charge is 2.35. The van der Waals surface area contributed by atoms with Crippen molar-refractivity contribution in [1.29, 1.82) is 0 Å². The van der Waals surface area contributed by atoms with E-state index in [-0.39, 0.29) is 25.0 Å². The summed E-state index contributed by atoms with van der Waals surface area (Å²) in [5, 5.41) is 11.0. The first-order chi connectivity index (χ1) is 10.7. The predicted octanol–water partition coefficient (Wildman–Crippen LogP) is 2.58. The Morgan fingerprint density at radius 2 is 1.43 bits per heavy atom. The normalized spacial score (nSPS) is 11.7. The van der Waals surface area contributed by atoms with Gasteiger partial charge in [0.1, 0.15) is 13.2 Å². The van der Waals surface area contributed by atoms with Crippen molar-refractivity contribution in [1.82, 2.24) is 0 Å². The van der Waals surface area contributed by atoms with E-state index in [0.29, 0.717) is 5.56 Å². The summed E-state index contributed by atoms with van der Waals surface area (Å²) >= 11 is 0. The quantitative estimate of drug-likeness (QED) is 0.781. The number of esters is 2. The molecule has 0 heterocycles. The Bertz CT molecular complexity index is 524. The Kier molecular flexibility index (Phi) is 6.76. The van der Waals surface area contributed by atoms with Gasteiger partial charge in [-0.15, -0.1) is 0 Å². The second-order valence-corrected chi connectivity index (χ2v) is 6.37. The van der Waals surface area contributed by atoms with Crippen LogP contribution in [0.2, 0.25) is 0 Å². The molecule has 0 saturated carbocycles. The molecule has 0 unspecified atom stereocenters. The fourth-order valence-electron chi connectivity index (χ4n) is 2.01. The molecule has 5 nitrogen and oxygen atoms in total. The van der Waals surface area contributed by atoms with Crippen LogP contribution in [0.5, 0.6) is 0 Å². The SMILES string of the molecule is Cc1ccccc1C(O)(COC(=O)C(C)C)COC(=O)C(C)C. The number of ether oxygens (including phenoxy) is 2. The zero-order chi connectivity index (χ0) is 17.6. The minimum Gasteiger partial charge on any atom is -0.462 e. The van der Waals surface area contributed by atoms with Crippen LogP contribution in [0.3, 0.4) is 0 Å². The summed E-state index contributed by atoms with van der Waals surface area (Å²) < 4.78 is 10.4. The van der Waals surface area contributed by atoms with Gasteiger partial charge in [-0.05, 0) is 18.1 Å². The average Bonchev–Trinajstić information content (AvgIpc) is 2.50. The molecule has 0 amide bonds. The van der Waals surface area contributed by atoms with E-state index in [2.05, 4.69) is 0 Å². The van der Waals surface area contributed by atoms with E-state index in [1.807, 2.05) is 19.1 Å². The highest BCUT2D eigenvalue weighted by Crippen LogP contribution is 2.26. The van der Waals surface area contributed by atoms with Crippen molar-refractivity contribution < 1.29 is 24.2 Å². The highest BCUT2D eigenvalue weighted by atomic mass is 16.6. The first kappa shape index (κ1) is 19.2. The Morgan fingerprint density at radius 3 is 1.83 bits per heavy atom. The van der Waals surface area contributed by atoms with Gasteiger partial charge in [-0.1, -0.05) is 52.0 Å². The van der Waals surface area contributed by atoms with E-state index in [1.165, 1.54) is 0 Å². The number of hydrogen-bond donors (Lipinski definition) is 1. The third-order valence-electron chi connectivity index (χ3n) is 3.50. The van der Waals surface area contributed by atoms with Crippen LogP contribution in [0.4, 0.5) is 0 Å². The lowest BCUT2D eigenvalue weighted by molar-refractivity contribution is -0.168. The van der Waals surface area contributed by atoms with E-state index < -0.39 is 17.5 Å².